The van der Waals surface area contributed by atoms with Crippen LogP contribution in [0.3, 0.4) is 0 Å². The maximum atomic E-state index is 6.19. The molecule has 0 radical (unpaired) electrons. The highest BCUT2D eigenvalue weighted by Gasteiger charge is 2.17. The first-order valence-corrected chi connectivity index (χ1v) is 8.12. The fourth-order valence-electron chi connectivity index (χ4n) is 3.16. The van der Waals surface area contributed by atoms with Crippen molar-refractivity contribution in [2.24, 2.45) is 0 Å². The van der Waals surface area contributed by atoms with Gasteiger partial charge < -0.3 is 4.42 Å². The van der Waals surface area contributed by atoms with Crippen molar-refractivity contribution in [1.82, 2.24) is 4.98 Å². The van der Waals surface area contributed by atoms with Gasteiger partial charge in [0, 0.05) is 18.4 Å². The molecule has 0 amide bonds. The number of fused-ring (bicyclic) bond motifs is 4. The Bertz CT molecular complexity index is 1120. The van der Waals surface area contributed by atoms with E-state index in [0.29, 0.717) is 11.1 Å². The van der Waals surface area contributed by atoms with Crippen molar-refractivity contribution >= 4 is 33.8 Å². The van der Waals surface area contributed by atoms with Crippen LogP contribution in [-0.2, 0) is 0 Å². The Hall–Kier alpha value is -3.01. The minimum atomic E-state index is 0.705. The second-order valence-electron chi connectivity index (χ2n) is 5.77. The molecule has 0 saturated heterocycles. The molecule has 2 aromatic carbocycles. The Morgan fingerprint density at radius 1 is 1.12 bits per heavy atom. The molecular weight excluding hydrogens is 298 g/mol. The Kier molecular flexibility index (Phi) is 3.38. The summed E-state index contributed by atoms with van der Waals surface area (Å²) < 4.78 is 8.29. The van der Waals surface area contributed by atoms with E-state index in [-0.39, 0.29) is 0 Å². The molecule has 118 valence electrons. The van der Waals surface area contributed by atoms with Gasteiger partial charge in [-0.25, -0.2) is 9.56 Å². The van der Waals surface area contributed by atoms with Crippen molar-refractivity contribution in [3.63, 3.8) is 0 Å². The van der Waals surface area contributed by atoms with Crippen molar-refractivity contribution in [3.8, 4) is 11.5 Å². The van der Waals surface area contributed by atoms with E-state index in [1.54, 1.807) is 0 Å². The van der Waals surface area contributed by atoms with Gasteiger partial charge in [0.05, 0.1) is 17.5 Å². The van der Waals surface area contributed by atoms with Gasteiger partial charge >= 0.3 is 0 Å². The number of benzene rings is 3. The average molecular weight is 317 g/mol. The molecule has 4 rings (SSSR count). The molecule has 0 spiro atoms. The number of rotatable bonds is 2. The van der Waals surface area contributed by atoms with Crippen LogP contribution in [0.15, 0.2) is 52.9 Å². The normalized spacial score (nSPS) is 12.3. The fraction of sp³-hybridized carbons (Fsp3) is 0.150. The first-order valence-electron chi connectivity index (χ1n) is 8.12. The van der Waals surface area contributed by atoms with Crippen LogP contribution in [0.4, 0.5) is 5.69 Å². The van der Waals surface area contributed by atoms with E-state index in [2.05, 4.69) is 23.8 Å². The monoisotopic (exact) mass is 317 g/mol. The van der Waals surface area contributed by atoms with Gasteiger partial charge in [-0.1, -0.05) is 18.2 Å². The largest absolute Gasteiger partial charge is 0.452 e. The second-order valence-corrected chi connectivity index (χ2v) is 5.77. The van der Waals surface area contributed by atoms with Crippen LogP contribution < -0.4 is 10.8 Å². The van der Waals surface area contributed by atoms with E-state index in [1.165, 1.54) is 0 Å². The van der Waals surface area contributed by atoms with Gasteiger partial charge in [0.25, 0.3) is 0 Å². The summed E-state index contributed by atoms with van der Waals surface area (Å²) in [7, 11) is 0. The van der Waals surface area contributed by atoms with Crippen LogP contribution in [0.5, 0.6) is 0 Å². The zero-order valence-corrected chi connectivity index (χ0v) is 13.8. The van der Waals surface area contributed by atoms with E-state index in [9.17, 15) is 0 Å². The highest BCUT2D eigenvalue weighted by atomic mass is 16.3. The molecule has 0 atom stereocenters. The summed E-state index contributed by atoms with van der Waals surface area (Å²) in [6.45, 7) is 5.05. The van der Waals surface area contributed by atoms with Crippen LogP contribution in [-0.4, -0.2) is 22.3 Å². The molecule has 2 N–H and O–H groups in total. The first kappa shape index (κ1) is 14.6. The van der Waals surface area contributed by atoms with E-state index < -0.39 is 0 Å². The molecular formula is C20H19N3O+2. The number of nitrogens with two attached hydrogens (primary N) is 1. The zero-order chi connectivity index (χ0) is 16.7. The van der Waals surface area contributed by atoms with Crippen LogP contribution in [0.2, 0.25) is 0 Å². The third-order valence-electron chi connectivity index (χ3n) is 4.39. The predicted molar refractivity (Wildman–Crippen MR) is 95.4 cm³/mol. The molecule has 1 aliphatic carbocycles. The molecule has 0 saturated carbocycles. The van der Waals surface area contributed by atoms with Gasteiger partial charge in [-0.15, -0.1) is 0 Å². The van der Waals surface area contributed by atoms with Crippen molar-refractivity contribution in [3.05, 3.63) is 53.9 Å². The lowest BCUT2D eigenvalue weighted by Gasteiger charge is -2.09. The highest BCUT2D eigenvalue weighted by molar-refractivity contribution is 5.96. The van der Waals surface area contributed by atoms with Crippen molar-refractivity contribution in [2.45, 2.75) is 13.8 Å². The van der Waals surface area contributed by atoms with E-state index >= 15 is 0 Å². The third-order valence-corrected chi connectivity index (χ3v) is 4.39. The Morgan fingerprint density at radius 2 is 1.92 bits per heavy atom. The topological polar surface area (TPSA) is 54.6 Å². The minimum absolute atomic E-state index is 0.705. The summed E-state index contributed by atoms with van der Waals surface area (Å²) in [5.41, 5.74) is 3.53. The molecule has 2 aliphatic rings. The van der Waals surface area contributed by atoms with Gasteiger partial charge in [0.1, 0.15) is 24.0 Å². The molecule has 4 heteroatoms. The van der Waals surface area contributed by atoms with Crippen molar-refractivity contribution in [2.75, 3.05) is 6.54 Å². The van der Waals surface area contributed by atoms with Crippen molar-refractivity contribution in [1.29, 1.82) is 0 Å². The minimum Gasteiger partial charge on any atom is -0.452 e. The first-order chi connectivity index (χ1) is 11.7. The summed E-state index contributed by atoms with van der Waals surface area (Å²) in [6.07, 6.45) is 2.06. The summed E-state index contributed by atoms with van der Waals surface area (Å²) in [5, 5.41) is 8.91. The van der Waals surface area contributed by atoms with Gasteiger partial charge in [-0.05, 0) is 19.1 Å². The molecule has 0 aromatic heterocycles. The van der Waals surface area contributed by atoms with Gasteiger partial charge in [0.15, 0.2) is 11.3 Å². The number of hydrogen-bond acceptors (Lipinski definition) is 2. The molecule has 0 fully saturated rings. The average Bonchev–Trinajstić information content (AvgIpc) is 2.62. The van der Waals surface area contributed by atoms with E-state index in [0.717, 1.165) is 39.8 Å². The van der Waals surface area contributed by atoms with Crippen LogP contribution in [0.25, 0.3) is 33.3 Å². The summed E-state index contributed by atoms with van der Waals surface area (Å²) >= 11 is 0. The summed E-state index contributed by atoms with van der Waals surface area (Å²) in [5.74, 6) is 0.708. The maximum absolute atomic E-state index is 6.19. The van der Waals surface area contributed by atoms with E-state index in [4.69, 9.17) is 14.8 Å². The maximum Gasteiger partial charge on any atom is 0.208 e. The molecule has 0 unspecified atom stereocenters. The predicted octanol–water partition coefficient (Wildman–Crippen LogP) is 2.50. The summed E-state index contributed by atoms with van der Waals surface area (Å²) in [6, 6.07) is 16.0. The molecule has 24 heavy (non-hydrogen) atoms. The molecule has 4 nitrogen and oxygen atoms in total. The van der Waals surface area contributed by atoms with Gasteiger partial charge in [0.2, 0.25) is 11.0 Å². The highest BCUT2D eigenvalue weighted by Crippen LogP contribution is 2.31. The van der Waals surface area contributed by atoms with E-state index in [1.807, 2.05) is 49.4 Å². The lowest BCUT2D eigenvalue weighted by Crippen LogP contribution is -2.45. The molecule has 1 heterocycles. The van der Waals surface area contributed by atoms with Crippen LogP contribution in [0.1, 0.15) is 13.8 Å². The molecule has 1 aliphatic heterocycles. The smallest absolute Gasteiger partial charge is 0.208 e. The molecule has 0 bridgehead atoms. The Morgan fingerprint density at radius 3 is 2.67 bits per heavy atom. The van der Waals surface area contributed by atoms with Crippen LogP contribution in [0, 0.1) is 0 Å². The second kappa shape index (κ2) is 5.57. The van der Waals surface area contributed by atoms with Crippen LogP contribution >= 0.6 is 0 Å². The zero-order valence-electron chi connectivity index (χ0n) is 13.8. The lowest BCUT2D eigenvalue weighted by molar-refractivity contribution is -0.431. The quantitative estimate of drug-likeness (QED) is 0.267. The SMILES string of the molecule is CC=[N+](CC)c1ccc2nc3c4ccccc4c(=[NH2+])cc-3oc2c1. The Labute approximate surface area is 139 Å². The lowest BCUT2D eigenvalue weighted by atomic mass is 10.0. The van der Waals surface area contributed by atoms with Gasteiger partial charge in [-0.2, -0.15) is 0 Å². The Balaban J connectivity index is 2.06. The summed E-state index contributed by atoms with van der Waals surface area (Å²) in [4.78, 5) is 4.82. The number of aromatic nitrogens is 1. The number of nitrogens with zero attached hydrogens (tertiary/aromatic N) is 2. The van der Waals surface area contributed by atoms with Gasteiger partial charge in [-0.3, -0.25) is 5.41 Å². The van der Waals surface area contributed by atoms with Crippen molar-refractivity contribution < 1.29 is 14.4 Å². The fourth-order valence-corrected chi connectivity index (χ4v) is 3.16. The number of hydrogen-bond donors (Lipinski definition) is 1. The third kappa shape index (κ3) is 2.19. The standard InChI is InChI=1S/C20H18N3O/c1-3-23(4-2)13-9-10-17-18(11-13)24-19-12-16(21)14-7-5-6-8-15(14)20(19)22-17/h3,5-12,21H,4H2,1-2H3/q+1/p+1. The molecule has 2 aromatic rings.